The molecule has 3 nitrogen and oxygen atoms in total. The normalized spacial score (nSPS) is 11.4. The van der Waals surface area contributed by atoms with Crippen molar-refractivity contribution in [2.24, 2.45) is 0 Å². The van der Waals surface area contributed by atoms with Crippen molar-refractivity contribution in [3.8, 4) is 0 Å². The fourth-order valence-corrected chi connectivity index (χ4v) is 3.86. The van der Waals surface area contributed by atoms with Crippen LogP contribution < -0.4 is 4.72 Å². The van der Waals surface area contributed by atoms with Gasteiger partial charge in [0.05, 0.1) is 10.6 Å². The first-order chi connectivity index (χ1) is 9.31. The summed E-state index contributed by atoms with van der Waals surface area (Å²) in [6.45, 7) is 3.53. The molecule has 0 radical (unpaired) electrons. The Morgan fingerprint density at radius 1 is 1.15 bits per heavy atom. The first-order valence-corrected chi connectivity index (χ1v) is 8.51. The Hall–Kier alpha value is -1.04. The summed E-state index contributed by atoms with van der Waals surface area (Å²) in [5.41, 5.74) is 1.86. The molecule has 2 aromatic rings. The Morgan fingerprint density at radius 2 is 1.85 bits per heavy atom. The van der Waals surface area contributed by atoms with Crippen molar-refractivity contribution in [2.45, 2.75) is 18.7 Å². The van der Waals surface area contributed by atoms with Gasteiger partial charge in [-0.15, -0.1) is 0 Å². The molecule has 0 heterocycles. The van der Waals surface area contributed by atoms with E-state index in [9.17, 15) is 8.42 Å². The van der Waals surface area contributed by atoms with Crippen LogP contribution in [0.1, 0.15) is 11.1 Å². The third-order valence-electron chi connectivity index (χ3n) is 2.95. The highest BCUT2D eigenvalue weighted by Crippen LogP contribution is 2.27. The van der Waals surface area contributed by atoms with Crippen molar-refractivity contribution in [3.05, 3.63) is 57.0 Å². The van der Waals surface area contributed by atoms with Gasteiger partial charge in [-0.3, -0.25) is 4.72 Å². The molecule has 0 fully saturated rings. The van der Waals surface area contributed by atoms with Crippen LogP contribution in [0, 0.1) is 13.8 Å². The van der Waals surface area contributed by atoms with E-state index in [0.29, 0.717) is 26.3 Å². The molecule has 0 aromatic heterocycles. The van der Waals surface area contributed by atoms with Crippen LogP contribution in [0.2, 0.25) is 5.02 Å². The largest absolute Gasteiger partial charge is 0.279 e. The second kappa shape index (κ2) is 5.76. The number of aryl methyl sites for hydroxylation is 1. The van der Waals surface area contributed by atoms with Gasteiger partial charge in [-0.25, -0.2) is 8.42 Å². The van der Waals surface area contributed by atoms with Crippen LogP contribution in [0.5, 0.6) is 0 Å². The van der Waals surface area contributed by atoms with Crippen LogP contribution in [-0.4, -0.2) is 8.42 Å². The smallest absolute Gasteiger partial charge is 0.262 e. The second-order valence-electron chi connectivity index (χ2n) is 4.43. The summed E-state index contributed by atoms with van der Waals surface area (Å²) < 4.78 is 28.2. The number of benzene rings is 2. The number of hydrogen-bond donors (Lipinski definition) is 1. The summed E-state index contributed by atoms with van der Waals surface area (Å²) in [5, 5.41) is 0.524. The molecule has 2 rings (SSSR count). The average Bonchev–Trinajstić information content (AvgIpc) is 2.37. The van der Waals surface area contributed by atoms with Crippen molar-refractivity contribution in [2.75, 3.05) is 4.72 Å². The molecule has 0 saturated carbocycles. The Morgan fingerprint density at radius 3 is 2.55 bits per heavy atom. The number of halogens is 2. The number of hydrogen-bond acceptors (Lipinski definition) is 2. The lowest BCUT2D eigenvalue weighted by Crippen LogP contribution is -2.15. The van der Waals surface area contributed by atoms with E-state index in [4.69, 9.17) is 11.6 Å². The number of anilines is 1. The van der Waals surface area contributed by atoms with E-state index in [1.54, 1.807) is 50.2 Å². The quantitative estimate of drug-likeness (QED) is 0.858. The molecule has 0 atom stereocenters. The Bertz CT molecular complexity index is 760. The van der Waals surface area contributed by atoms with Gasteiger partial charge < -0.3 is 0 Å². The van der Waals surface area contributed by atoms with E-state index < -0.39 is 10.0 Å². The second-order valence-corrected chi connectivity index (χ2v) is 7.40. The molecule has 0 aliphatic carbocycles. The lowest BCUT2D eigenvalue weighted by molar-refractivity contribution is 0.600. The Labute approximate surface area is 132 Å². The van der Waals surface area contributed by atoms with Gasteiger partial charge in [-0.1, -0.05) is 39.7 Å². The van der Waals surface area contributed by atoms with Gasteiger partial charge in [-0.2, -0.15) is 0 Å². The lowest BCUT2D eigenvalue weighted by atomic mass is 10.2. The molecule has 2 aromatic carbocycles. The summed E-state index contributed by atoms with van der Waals surface area (Å²) in [6, 6.07) is 10.3. The number of rotatable bonds is 3. The molecular weight excluding hydrogens is 362 g/mol. The first-order valence-electron chi connectivity index (χ1n) is 5.85. The lowest BCUT2D eigenvalue weighted by Gasteiger charge is -2.13. The fraction of sp³-hybridized carbons (Fsp3) is 0.143. The Kier molecular flexibility index (Phi) is 4.42. The molecule has 0 spiro atoms. The maximum atomic E-state index is 12.5. The van der Waals surface area contributed by atoms with Gasteiger partial charge in [0.25, 0.3) is 10.0 Å². The first kappa shape index (κ1) is 15.4. The minimum atomic E-state index is -3.64. The molecule has 1 N–H and O–H groups in total. The van der Waals surface area contributed by atoms with Crippen molar-refractivity contribution in [1.29, 1.82) is 0 Å². The zero-order valence-corrected chi connectivity index (χ0v) is 14.1. The molecule has 0 saturated heterocycles. The summed E-state index contributed by atoms with van der Waals surface area (Å²) in [5.74, 6) is 0. The zero-order valence-electron chi connectivity index (χ0n) is 10.9. The predicted molar refractivity (Wildman–Crippen MR) is 85.9 cm³/mol. The minimum Gasteiger partial charge on any atom is -0.279 e. The molecule has 106 valence electrons. The van der Waals surface area contributed by atoms with Crippen molar-refractivity contribution in [3.63, 3.8) is 0 Å². The monoisotopic (exact) mass is 373 g/mol. The van der Waals surface area contributed by atoms with Gasteiger partial charge in [0.15, 0.2) is 0 Å². The van der Waals surface area contributed by atoms with Gasteiger partial charge in [0.2, 0.25) is 0 Å². The Balaban J connectivity index is 2.46. The van der Waals surface area contributed by atoms with Crippen LogP contribution >= 0.6 is 27.5 Å². The van der Waals surface area contributed by atoms with Gasteiger partial charge in [-0.05, 0) is 49.2 Å². The third-order valence-corrected chi connectivity index (χ3v) is 5.36. The molecule has 0 unspecified atom stereocenters. The standard InChI is InChI=1S/C14H13BrClNO2S/c1-9-6-7-11(15)8-14(9)20(18,19)17-13-5-3-4-12(16)10(13)2/h3-8,17H,1-2H3. The summed E-state index contributed by atoms with van der Waals surface area (Å²) in [4.78, 5) is 0.242. The van der Waals surface area contributed by atoms with E-state index in [-0.39, 0.29) is 4.90 Å². The summed E-state index contributed by atoms with van der Waals surface area (Å²) in [7, 11) is -3.64. The zero-order chi connectivity index (χ0) is 14.9. The summed E-state index contributed by atoms with van der Waals surface area (Å²) in [6.07, 6.45) is 0. The highest BCUT2D eigenvalue weighted by molar-refractivity contribution is 9.10. The SMILES string of the molecule is Cc1ccc(Br)cc1S(=O)(=O)Nc1cccc(Cl)c1C. The van der Waals surface area contributed by atoms with Crippen molar-refractivity contribution < 1.29 is 8.42 Å². The van der Waals surface area contributed by atoms with Crippen LogP contribution in [-0.2, 0) is 10.0 Å². The molecule has 6 heteroatoms. The van der Waals surface area contributed by atoms with Crippen LogP contribution in [0.3, 0.4) is 0 Å². The molecular formula is C14H13BrClNO2S. The van der Waals surface area contributed by atoms with Gasteiger partial charge >= 0.3 is 0 Å². The molecule has 0 amide bonds. The van der Waals surface area contributed by atoms with E-state index >= 15 is 0 Å². The average molecular weight is 375 g/mol. The van der Waals surface area contributed by atoms with E-state index in [1.165, 1.54) is 0 Å². The highest BCUT2D eigenvalue weighted by atomic mass is 79.9. The molecule has 20 heavy (non-hydrogen) atoms. The van der Waals surface area contributed by atoms with Crippen LogP contribution in [0.15, 0.2) is 45.8 Å². The minimum absolute atomic E-state index is 0.242. The van der Waals surface area contributed by atoms with Crippen LogP contribution in [0.4, 0.5) is 5.69 Å². The molecule has 0 bridgehead atoms. The number of sulfonamides is 1. The fourth-order valence-electron chi connectivity index (χ4n) is 1.78. The maximum absolute atomic E-state index is 12.5. The molecule has 0 aliphatic heterocycles. The van der Waals surface area contributed by atoms with Gasteiger partial charge in [0, 0.05) is 9.50 Å². The number of nitrogens with one attached hydrogen (secondary N) is 1. The van der Waals surface area contributed by atoms with E-state index in [1.807, 2.05) is 0 Å². The topological polar surface area (TPSA) is 46.2 Å². The summed E-state index contributed by atoms with van der Waals surface area (Å²) >= 11 is 9.29. The van der Waals surface area contributed by atoms with Crippen molar-refractivity contribution >= 4 is 43.2 Å². The predicted octanol–water partition coefficient (Wildman–Crippen LogP) is 4.52. The van der Waals surface area contributed by atoms with Crippen molar-refractivity contribution in [1.82, 2.24) is 0 Å². The van der Waals surface area contributed by atoms with Crippen LogP contribution in [0.25, 0.3) is 0 Å². The molecule has 0 aliphatic rings. The maximum Gasteiger partial charge on any atom is 0.262 e. The highest BCUT2D eigenvalue weighted by Gasteiger charge is 2.18. The van der Waals surface area contributed by atoms with Gasteiger partial charge in [0.1, 0.15) is 0 Å². The van der Waals surface area contributed by atoms with E-state index in [2.05, 4.69) is 20.7 Å². The third kappa shape index (κ3) is 3.16. The van der Waals surface area contributed by atoms with E-state index in [0.717, 1.165) is 0 Å².